The number of anilines is 1. The Bertz CT molecular complexity index is 1140. The molecule has 1 aliphatic heterocycles. The maximum absolute atomic E-state index is 14.1. The lowest BCUT2D eigenvalue weighted by Gasteiger charge is -2.54. The van der Waals surface area contributed by atoms with Crippen molar-refractivity contribution in [2.75, 3.05) is 5.32 Å². The number of halogens is 2. The van der Waals surface area contributed by atoms with Gasteiger partial charge in [0, 0.05) is 34.8 Å². The lowest BCUT2D eigenvalue weighted by atomic mass is 9.61. The van der Waals surface area contributed by atoms with Gasteiger partial charge in [-0.3, -0.25) is 0 Å². The van der Waals surface area contributed by atoms with Gasteiger partial charge in [-0.2, -0.15) is 4.98 Å². The molecule has 2 aromatic heterocycles. The van der Waals surface area contributed by atoms with Gasteiger partial charge in [0.05, 0.1) is 12.0 Å². The van der Waals surface area contributed by atoms with Crippen molar-refractivity contribution in [3.63, 3.8) is 0 Å². The summed E-state index contributed by atoms with van der Waals surface area (Å²) in [4.78, 5) is 9.44. The molecule has 0 amide bonds. The summed E-state index contributed by atoms with van der Waals surface area (Å²) in [6.07, 6.45) is 14.0. The van der Waals surface area contributed by atoms with E-state index in [0.717, 1.165) is 81.4 Å². The van der Waals surface area contributed by atoms with Crippen LogP contribution < -0.4 is 5.32 Å². The van der Waals surface area contributed by atoms with Gasteiger partial charge in [0.1, 0.15) is 11.6 Å². The lowest BCUT2D eigenvalue weighted by Crippen LogP contribution is -2.54. The van der Waals surface area contributed by atoms with Crippen molar-refractivity contribution in [1.29, 1.82) is 0 Å². The summed E-state index contributed by atoms with van der Waals surface area (Å²) in [5.74, 6) is 1.34. The van der Waals surface area contributed by atoms with Gasteiger partial charge in [-0.15, -0.1) is 5.10 Å². The van der Waals surface area contributed by atoms with Crippen LogP contribution in [0.2, 0.25) is 5.02 Å². The van der Waals surface area contributed by atoms with E-state index in [9.17, 15) is 4.39 Å². The Morgan fingerprint density at radius 2 is 1.88 bits per heavy atom. The van der Waals surface area contributed by atoms with Crippen molar-refractivity contribution < 1.29 is 4.39 Å². The molecule has 1 N–H and O–H groups in total. The Kier molecular flexibility index (Phi) is 5.02. The minimum Gasteiger partial charge on any atom is -0.347 e. The monoisotopic (exact) mass is 468 g/mol. The smallest absolute Gasteiger partial charge is 0.242 e. The molecular weight excluding hydrogens is 439 g/mol. The van der Waals surface area contributed by atoms with Gasteiger partial charge in [-0.25, -0.2) is 14.1 Å². The second-order valence-electron chi connectivity index (χ2n) is 10.3. The zero-order valence-corrected chi connectivity index (χ0v) is 19.8. The average molecular weight is 469 g/mol. The second-order valence-corrected chi connectivity index (χ2v) is 10.8. The molecule has 0 saturated heterocycles. The number of hydrogen-bond acceptors (Lipinski definition) is 4. The number of aromatic nitrogens is 5. The Hall–Kier alpha value is -2.41. The van der Waals surface area contributed by atoms with Gasteiger partial charge in [0.25, 0.3) is 0 Å². The predicted octanol–water partition coefficient (Wildman–Crippen LogP) is 5.81. The maximum atomic E-state index is 14.1. The number of nitrogens with zero attached hydrogens (tertiary/aromatic N) is 5. The molecule has 3 aliphatic carbocycles. The van der Waals surface area contributed by atoms with E-state index in [-0.39, 0.29) is 22.8 Å². The van der Waals surface area contributed by atoms with Gasteiger partial charge in [0.15, 0.2) is 0 Å². The van der Waals surface area contributed by atoms with Crippen LogP contribution in [0.3, 0.4) is 0 Å². The quantitative estimate of drug-likeness (QED) is 0.525. The molecule has 3 fully saturated rings. The standard InChI is InChI=1S/C25H30ClFN6/c1-17-15-32(16-28-17)25-8-5-24(6-9-25,7-10-25)30-23-29-22-21(4-2-3-11-33(22)31-23)18-12-19(26)14-20(27)13-18/h12-16,21H,2-11H2,1H3,(H,30,31)/t21-,24?,25?/m1/s1. The molecule has 0 spiro atoms. The molecule has 3 heterocycles. The molecule has 33 heavy (non-hydrogen) atoms. The Morgan fingerprint density at radius 1 is 1.09 bits per heavy atom. The summed E-state index contributed by atoms with van der Waals surface area (Å²) in [6, 6.07) is 4.81. The van der Waals surface area contributed by atoms with Crippen LogP contribution in [-0.4, -0.2) is 29.9 Å². The van der Waals surface area contributed by atoms with Crippen molar-refractivity contribution >= 4 is 17.5 Å². The van der Waals surface area contributed by atoms with E-state index in [4.69, 9.17) is 21.7 Å². The fraction of sp³-hybridized carbons (Fsp3) is 0.560. The first-order valence-electron chi connectivity index (χ1n) is 12.1. The first-order valence-corrected chi connectivity index (χ1v) is 12.5. The molecule has 8 heteroatoms. The second kappa shape index (κ2) is 7.83. The molecule has 2 bridgehead atoms. The third-order valence-corrected chi connectivity index (χ3v) is 8.47. The number of rotatable bonds is 4. The number of aryl methyl sites for hydroxylation is 2. The molecule has 6 nitrogen and oxygen atoms in total. The van der Waals surface area contributed by atoms with Gasteiger partial charge < -0.3 is 9.88 Å². The lowest BCUT2D eigenvalue weighted by molar-refractivity contribution is 0.0638. The molecule has 3 aromatic rings. The van der Waals surface area contributed by atoms with E-state index in [1.54, 1.807) is 6.07 Å². The summed E-state index contributed by atoms with van der Waals surface area (Å²) in [7, 11) is 0. The van der Waals surface area contributed by atoms with E-state index >= 15 is 0 Å². The van der Waals surface area contributed by atoms with Gasteiger partial charge in [0.2, 0.25) is 5.95 Å². The van der Waals surface area contributed by atoms with E-state index in [2.05, 4.69) is 28.0 Å². The third kappa shape index (κ3) is 3.74. The van der Waals surface area contributed by atoms with E-state index in [0.29, 0.717) is 11.0 Å². The third-order valence-electron chi connectivity index (χ3n) is 8.26. The van der Waals surface area contributed by atoms with Gasteiger partial charge >= 0.3 is 0 Å². The summed E-state index contributed by atoms with van der Waals surface area (Å²) in [5, 5.41) is 9.06. The Labute approximate surface area is 198 Å². The average Bonchev–Trinajstić information content (AvgIpc) is 3.35. The summed E-state index contributed by atoms with van der Waals surface area (Å²) in [5.41, 5.74) is 2.24. The predicted molar refractivity (Wildman–Crippen MR) is 126 cm³/mol. The van der Waals surface area contributed by atoms with Gasteiger partial charge in [-0.1, -0.05) is 18.0 Å². The molecule has 0 unspecified atom stereocenters. The molecule has 1 atom stereocenters. The number of imidazole rings is 1. The topological polar surface area (TPSA) is 60.6 Å². The van der Waals surface area contributed by atoms with Crippen molar-refractivity contribution in [2.45, 2.75) is 88.3 Å². The minimum absolute atomic E-state index is 0.0103. The molecule has 0 radical (unpaired) electrons. The van der Waals surface area contributed by atoms with E-state index < -0.39 is 0 Å². The van der Waals surface area contributed by atoms with Crippen LogP contribution in [0.5, 0.6) is 0 Å². The van der Waals surface area contributed by atoms with Crippen molar-refractivity contribution in [1.82, 2.24) is 24.3 Å². The molecule has 4 aliphatic rings. The van der Waals surface area contributed by atoms with Crippen molar-refractivity contribution in [3.8, 4) is 0 Å². The Morgan fingerprint density at radius 3 is 2.58 bits per heavy atom. The molecule has 174 valence electrons. The number of hydrogen-bond donors (Lipinski definition) is 1. The first-order chi connectivity index (χ1) is 15.9. The summed E-state index contributed by atoms with van der Waals surface area (Å²) in [6.45, 7) is 2.91. The van der Waals surface area contributed by atoms with Crippen LogP contribution in [0.1, 0.15) is 80.8 Å². The minimum atomic E-state index is -0.300. The summed E-state index contributed by atoms with van der Waals surface area (Å²) < 4.78 is 18.5. The van der Waals surface area contributed by atoms with Crippen LogP contribution in [0.25, 0.3) is 0 Å². The largest absolute Gasteiger partial charge is 0.347 e. The number of benzene rings is 1. The van der Waals surface area contributed by atoms with Crippen molar-refractivity contribution in [3.05, 3.63) is 58.6 Å². The number of nitrogens with one attached hydrogen (secondary N) is 1. The highest BCUT2D eigenvalue weighted by Crippen LogP contribution is 2.52. The molecule has 7 rings (SSSR count). The molecule has 3 saturated carbocycles. The highest BCUT2D eigenvalue weighted by molar-refractivity contribution is 6.30. The fourth-order valence-electron chi connectivity index (χ4n) is 6.32. The number of fused-ring (bicyclic) bond motifs is 4. The first kappa shape index (κ1) is 21.1. The highest BCUT2D eigenvalue weighted by atomic mass is 35.5. The van der Waals surface area contributed by atoms with Crippen LogP contribution in [0.15, 0.2) is 30.7 Å². The van der Waals surface area contributed by atoms with E-state index in [1.807, 2.05) is 17.1 Å². The van der Waals surface area contributed by atoms with Crippen LogP contribution in [0.4, 0.5) is 10.3 Å². The normalized spacial score (nSPS) is 29.0. The maximum Gasteiger partial charge on any atom is 0.242 e. The fourth-order valence-corrected chi connectivity index (χ4v) is 6.55. The Balaban J connectivity index is 1.24. The van der Waals surface area contributed by atoms with E-state index in [1.165, 1.54) is 6.07 Å². The highest BCUT2D eigenvalue weighted by Gasteiger charge is 2.50. The SMILES string of the molecule is Cc1cn(C23CCC(Nc4nc5n(n4)CCCC[C@@H]5c4cc(F)cc(Cl)c4)(CC2)CC3)cn1. The van der Waals surface area contributed by atoms with Gasteiger partial charge in [-0.05, 0) is 82.1 Å². The van der Waals surface area contributed by atoms with Crippen molar-refractivity contribution in [2.24, 2.45) is 0 Å². The molecular formula is C25H30ClFN6. The van der Waals surface area contributed by atoms with Crippen LogP contribution >= 0.6 is 11.6 Å². The zero-order valence-electron chi connectivity index (χ0n) is 19.0. The summed E-state index contributed by atoms with van der Waals surface area (Å²) >= 11 is 6.17. The molecule has 1 aromatic carbocycles. The van der Waals surface area contributed by atoms with Crippen LogP contribution in [0, 0.1) is 12.7 Å². The van der Waals surface area contributed by atoms with Crippen LogP contribution in [-0.2, 0) is 12.1 Å². The zero-order chi connectivity index (χ0) is 22.6.